The number of carbonyl (C=O) groups is 6. The van der Waals surface area contributed by atoms with Crippen molar-refractivity contribution in [3.8, 4) is 22.3 Å². The maximum absolute atomic E-state index is 14.0. The minimum absolute atomic E-state index is 0. The highest BCUT2D eigenvalue weighted by atomic mass is 19.1. The van der Waals surface area contributed by atoms with Crippen molar-refractivity contribution in [2.45, 2.75) is 84.3 Å². The third-order valence-electron chi connectivity index (χ3n) is 13.2. The number of esters is 1. The van der Waals surface area contributed by atoms with Gasteiger partial charge < -0.3 is 41.2 Å². The maximum Gasteiger partial charge on any atom is 0.407 e. The molecule has 2 amide bonds. The lowest BCUT2D eigenvalue weighted by Gasteiger charge is -2.23. The van der Waals surface area contributed by atoms with Crippen LogP contribution in [0, 0.1) is 29.4 Å². The van der Waals surface area contributed by atoms with Crippen molar-refractivity contribution in [2.75, 3.05) is 13.2 Å². The number of fused-ring (bicyclic) bond motifs is 6. The van der Waals surface area contributed by atoms with Crippen molar-refractivity contribution in [3.63, 3.8) is 0 Å². The van der Waals surface area contributed by atoms with Gasteiger partial charge in [0.15, 0.2) is 0 Å². The van der Waals surface area contributed by atoms with Crippen LogP contribution in [0.5, 0.6) is 0 Å². The van der Waals surface area contributed by atoms with Crippen LogP contribution in [0.2, 0.25) is 0 Å². The summed E-state index contributed by atoms with van der Waals surface area (Å²) in [5.74, 6) is -6.93. The molecule has 400 valence electrons. The Balaban J connectivity index is 0.000000235. The van der Waals surface area contributed by atoms with Gasteiger partial charge in [-0.15, -0.1) is 0 Å². The lowest BCUT2D eigenvalue weighted by molar-refractivity contribution is -0.148. The Bertz CT molecular complexity index is 2910. The Kier molecular flexibility index (Phi) is 21.1. The van der Waals surface area contributed by atoms with E-state index < -0.39 is 71.6 Å². The average Bonchev–Trinajstić information content (AvgIpc) is 3.89. The number of amides is 2. The third-order valence-corrected chi connectivity index (χ3v) is 13.2. The second kappa shape index (κ2) is 27.3. The normalized spacial score (nSPS) is 13.5. The summed E-state index contributed by atoms with van der Waals surface area (Å²) in [5, 5.41) is 32.2. The van der Waals surface area contributed by atoms with Gasteiger partial charge in [-0.2, -0.15) is 0 Å². The summed E-state index contributed by atoms with van der Waals surface area (Å²) in [4.78, 5) is 71.2. The smallest absolute Gasteiger partial charge is 0.407 e. The molecular weight excluding hydrogens is 977 g/mol. The van der Waals surface area contributed by atoms with Crippen molar-refractivity contribution in [1.29, 1.82) is 0 Å². The fourth-order valence-corrected chi connectivity index (χ4v) is 9.12. The number of carboxylic acids is 3. The third kappa shape index (κ3) is 15.0. The number of halogens is 2. The Morgan fingerprint density at radius 3 is 1.30 bits per heavy atom. The van der Waals surface area contributed by atoms with E-state index in [1.165, 1.54) is 30.3 Å². The van der Waals surface area contributed by atoms with E-state index in [-0.39, 0.29) is 69.1 Å². The number of alkyl carbamates (subject to hydrolysis) is 1. The van der Waals surface area contributed by atoms with E-state index >= 15 is 0 Å². The molecule has 0 bridgehead atoms. The van der Waals surface area contributed by atoms with Crippen LogP contribution in [-0.2, 0) is 46.3 Å². The molecule has 0 aromatic heterocycles. The van der Waals surface area contributed by atoms with Crippen LogP contribution in [0.1, 0.15) is 86.8 Å². The molecule has 0 heterocycles. The largest absolute Gasteiger partial charge is 0.480 e. The highest BCUT2D eigenvalue weighted by Gasteiger charge is 2.34. The molecule has 16 heteroatoms. The van der Waals surface area contributed by atoms with Crippen LogP contribution < -0.4 is 16.4 Å². The number of nitrogens with one attached hydrogen (secondary N) is 2. The zero-order valence-corrected chi connectivity index (χ0v) is 42.0. The van der Waals surface area contributed by atoms with Gasteiger partial charge in [-0.05, 0) is 79.6 Å². The molecule has 6 aromatic rings. The van der Waals surface area contributed by atoms with Crippen molar-refractivity contribution in [1.82, 2.24) is 10.6 Å². The van der Waals surface area contributed by atoms with E-state index in [1.54, 1.807) is 45.9 Å². The van der Waals surface area contributed by atoms with E-state index in [9.17, 15) is 42.7 Å². The maximum atomic E-state index is 14.0. The van der Waals surface area contributed by atoms with Gasteiger partial charge in [-0.1, -0.05) is 169 Å². The summed E-state index contributed by atoms with van der Waals surface area (Å²) >= 11 is 0. The van der Waals surface area contributed by atoms with Crippen LogP contribution in [-0.4, -0.2) is 82.5 Å². The molecule has 0 fully saturated rings. The quantitative estimate of drug-likeness (QED) is 0.0442. The van der Waals surface area contributed by atoms with E-state index in [2.05, 4.69) is 34.9 Å². The Morgan fingerprint density at radius 2 is 0.921 bits per heavy atom. The van der Waals surface area contributed by atoms with Gasteiger partial charge in [0.2, 0.25) is 5.91 Å². The van der Waals surface area contributed by atoms with Crippen LogP contribution in [0.4, 0.5) is 13.6 Å². The predicted octanol–water partition coefficient (Wildman–Crippen LogP) is 10.0. The molecule has 0 saturated heterocycles. The van der Waals surface area contributed by atoms with Gasteiger partial charge in [0.25, 0.3) is 0 Å². The van der Waals surface area contributed by atoms with Gasteiger partial charge in [0.05, 0.1) is 12.3 Å². The number of aliphatic carboxylic acids is 3. The molecule has 2 aliphatic rings. The highest BCUT2D eigenvalue weighted by Crippen LogP contribution is 2.46. The van der Waals surface area contributed by atoms with Gasteiger partial charge in [0, 0.05) is 24.7 Å². The van der Waals surface area contributed by atoms with Crippen LogP contribution in [0.15, 0.2) is 146 Å². The molecule has 8 rings (SSSR count). The summed E-state index contributed by atoms with van der Waals surface area (Å²) in [6.45, 7) is 7.36. The summed E-state index contributed by atoms with van der Waals surface area (Å²) < 4.78 is 38.0. The number of hydrogen-bond acceptors (Lipinski definition) is 9. The summed E-state index contributed by atoms with van der Waals surface area (Å²) in [7, 11) is 0. The lowest BCUT2D eigenvalue weighted by atomic mass is 9.91. The van der Waals surface area contributed by atoms with Gasteiger partial charge >= 0.3 is 30.0 Å². The van der Waals surface area contributed by atoms with E-state index in [0.717, 1.165) is 44.5 Å². The number of ether oxygens (including phenoxy) is 2. The van der Waals surface area contributed by atoms with Crippen molar-refractivity contribution < 1.29 is 62.3 Å². The first kappa shape index (κ1) is 58.6. The topological polar surface area (TPSA) is 232 Å². The van der Waals surface area contributed by atoms with Crippen LogP contribution in [0.3, 0.4) is 0 Å². The molecule has 14 nitrogen and oxygen atoms in total. The van der Waals surface area contributed by atoms with Crippen molar-refractivity contribution in [2.24, 2.45) is 23.5 Å². The second-order valence-corrected chi connectivity index (χ2v) is 18.9. The Labute approximate surface area is 441 Å². The number of carboxylic acid groups (broad SMARTS) is 3. The first-order valence-corrected chi connectivity index (χ1v) is 24.5. The minimum atomic E-state index is -1.33. The minimum Gasteiger partial charge on any atom is -0.480 e. The number of carbonyl (C=O) groups excluding carboxylic acids is 3. The lowest BCUT2D eigenvalue weighted by Crippen LogP contribution is -2.46. The zero-order chi connectivity index (χ0) is 54.3. The van der Waals surface area contributed by atoms with Gasteiger partial charge in [-0.25, -0.2) is 23.2 Å². The molecule has 76 heavy (non-hydrogen) atoms. The van der Waals surface area contributed by atoms with E-state index in [4.69, 9.17) is 25.4 Å². The molecule has 0 unspecified atom stereocenters. The van der Waals surface area contributed by atoms with Crippen molar-refractivity contribution in [3.05, 3.63) is 191 Å². The van der Waals surface area contributed by atoms with Crippen LogP contribution >= 0.6 is 0 Å². The number of rotatable bonds is 18. The van der Waals surface area contributed by atoms with E-state index in [1.807, 2.05) is 72.8 Å². The Morgan fingerprint density at radius 1 is 0.526 bits per heavy atom. The first-order valence-electron chi connectivity index (χ1n) is 24.5. The van der Waals surface area contributed by atoms with Crippen LogP contribution in [0.25, 0.3) is 22.3 Å². The summed E-state index contributed by atoms with van der Waals surface area (Å²) in [5.41, 5.74) is 14.7. The fourth-order valence-electron chi connectivity index (χ4n) is 9.12. The molecule has 0 saturated carbocycles. The SMILES string of the molecule is C.CC(C)[C@H](CC(=O)OCC1c2ccccc2-c2ccccc21)C(=O)N[C@@H](Cc1ccccc1F)C(=O)O.CC(C)[C@H](NC(=O)OCC1c2ccccc2-c2ccccc21)C(=O)O.N[C@@H](Cc1ccccc1F)C(=O)O. The number of hydrogen-bond donors (Lipinski definition) is 6. The molecule has 4 atom stereocenters. The summed E-state index contributed by atoms with van der Waals surface area (Å²) in [6, 6.07) is 40.7. The van der Waals surface area contributed by atoms with Gasteiger partial charge in [0.1, 0.15) is 43.0 Å². The number of nitrogens with two attached hydrogens (primary N) is 1. The molecule has 0 spiro atoms. The van der Waals surface area contributed by atoms with Crippen molar-refractivity contribution >= 4 is 35.9 Å². The highest BCUT2D eigenvalue weighted by molar-refractivity contribution is 5.88. The Hall–Kier alpha value is -8.24. The molecular formula is C60H65F2N3O11. The zero-order valence-electron chi connectivity index (χ0n) is 42.0. The molecule has 6 aromatic carbocycles. The average molecular weight is 1040 g/mol. The standard InChI is InChI=1S/C30H30FNO5.C20H21NO4.C9H10FNO2.CH4/c1-18(2)24(29(34)32-27(30(35)36)15-19-9-3-8-14-26(19)31)16-28(33)37-17-25-22-12-6-4-10-20(22)21-11-5-7-13-23(21)25;1-12(2)18(19(22)23)21-20(24)25-11-17-15-9-5-3-7-13(15)14-8-4-6-10-16(14)17;10-7-4-2-1-3-6(7)5-8(11)9(12)13;/h3-14,18,24-25,27H,15-17H2,1-2H3,(H,32,34)(H,35,36);3-10,12,17-18H,11H2,1-2H3,(H,21,24)(H,22,23);1-4,8H,5,11H2,(H,12,13);1H4/t24-,27-;18-;8-;/m000./s1. The predicted molar refractivity (Wildman–Crippen MR) is 284 cm³/mol. The second-order valence-electron chi connectivity index (χ2n) is 18.9. The summed E-state index contributed by atoms with van der Waals surface area (Å²) in [6.07, 6.45) is -1.08. The fraction of sp³-hybridized carbons (Fsp3) is 0.300. The number of benzene rings is 6. The molecule has 0 radical (unpaired) electrons. The monoisotopic (exact) mass is 1040 g/mol. The molecule has 7 N–H and O–H groups in total. The molecule has 2 aliphatic carbocycles. The van der Waals surface area contributed by atoms with E-state index in [0.29, 0.717) is 5.56 Å². The van der Waals surface area contributed by atoms with Gasteiger partial charge in [-0.3, -0.25) is 14.4 Å². The molecule has 0 aliphatic heterocycles. The first-order chi connectivity index (χ1) is 35.9.